The van der Waals surface area contributed by atoms with Crippen LogP contribution in [0.5, 0.6) is 0 Å². The third kappa shape index (κ3) is 4.94. The van der Waals surface area contributed by atoms with Gasteiger partial charge in [-0.05, 0) is 12.5 Å². The van der Waals surface area contributed by atoms with Crippen LogP contribution in [0.2, 0.25) is 5.02 Å². The molecule has 2 rings (SSSR count). The summed E-state index contributed by atoms with van der Waals surface area (Å²) in [6.45, 7) is 1.36. The van der Waals surface area contributed by atoms with E-state index in [1.54, 1.807) is 0 Å². The van der Waals surface area contributed by atoms with E-state index >= 15 is 0 Å². The number of carboxylic acids is 1. The van der Waals surface area contributed by atoms with Gasteiger partial charge in [-0.1, -0.05) is 53.7 Å². The second kappa shape index (κ2) is 7.94. The molecule has 0 saturated heterocycles. The van der Waals surface area contributed by atoms with Crippen molar-refractivity contribution in [3.05, 3.63) is 52.8 Å². The number of amides is 1. The van der Waals surface area contributed by atoms with E-state index in [1.165, 1.54) is 24.9 Å². The third-order valence-corrected chi connectivity index (χ3v) is 4.08. The first-order chi connectivity index (χ1) is 11.0. The molecular formula is C15H14ClN3O3S. The number of benzene rings is 1. The van der Waals surface area contributed by atoms with Gasteiger partial charge in [-0.2, -0.15) is 0 Å². The number of hydrogen-bond acceptors (Lipinski definition) is 5. The fourth-order valence-corrected chi connectivity index (χ4v) is 2.58. The van der Waals surface area contributed by atoms with Crippen molar-refractivity contribution in [2.45, 2.75) is 23.9 Å². The maximum Gasteiger partial charge on any atom is 0.325 e. The number of nitrogens with zero attached hydrogens (tertiary/aromatic N) is 2. The first-order valence-electron chi connectivity index (χ1n) is 6.70. The molecule has 6 nitrogen and oxygen atoms in total. The van der Waals surface area contributed by atoms with Crippen LogP contribution < -0.4 is 5.32 Å². The van der Waals surface area contributed by atoms with Crippen LogP contribution in [0.25, 0.3) is 0 Å². The smallest absolute Gasteiger partial charge is 0.325 e. The molecule has 0 bridgehead atoms. The number of halogens is 1. The molecule has 1 unspecified atom stereocenters. The Morgan fingerprint density at radius 1 is 1.35 bits per heavy atom. The van der Waals surface area contributed by atoms with Gasteiger partial charge in [0.15, 0.2) is 10.9 Å². The second-order valence-corrected chi connectivity index (χ2v) is 6.01. The Labute approximate surface area is 142 Å². The molecule has 1 aromatic heterocycles. The minimum atomic E-state index is -1.14. The van der Waals surface area contributed by atoms with Gasteiger partial charge >= 0.3 is 5.97 Å². The molecule has 8 heteroatoms. The average Bonchev–Trinajstić information content (AvgIpc) is 2.54. The Kier molecular flexibility index (Phi) is 5.95. The highest BCUT2D eigenvalue weighted by atomic mass is 35.5. The van der Waals surface area contributed by atoms with Crippen molar-refractivity contribution in [2.75, 3.05) is 0 Å². The molecule has 0 saturated carbocycles. The van der Waals surface area contributed by atoms with E-state index in [9.17, 15) is 9.59 Å². The van der Waals surface area contributed by atoms with E-state index in [0.29, 0.717) is 10.9 Å². The Bertz CT molecular complexity index is 712. The van der Waals surface area contributed by atoms with Crippen LogP contribution in [0.1, 0.15) is 23.0 Å². The molecule has 1 atom stereocenters. The highest BCUT2D eigenvalue weighted by molar-refractivity contribution is 7.98. The maximum absolute atomic E-state index is 12.0. The van der Waals surface area contributed by atoms with Crippen molar-refractivity contribution >= 4 is 35.2 Å². The summed E-state index contributed by atoms with van der Waals surface area (Å²) >= 11 is 7.29. The molecule has 0 aliphatic carbocycles. The lowest BCUT2D eigenvalue weighted by Gasteiger charge is -2.10. The predicted octanol–water partition coefficient (Wildman–Crippen LogP) is 2.63. The van der Waals surface area contributed by atoms with Crippen LogP contribution >= 0.6 is 23.4 Å². The highest BCUT2D eigenvalue weighted by Gasteiger charge is 2.19. The molecule has 1 heterocycles. The van der Waals surface area contributed by atoms with Crippen LogP contribution in [-0.2, 0) is 10.5 Å². The number of rotatable bonds is 6. The van der Waals surface area contributed by atoms with Crippen molar-refractivity contribution in [1.82, 2.24) is 15.3 Å². The van der Waals surface area contributed by atoms with Gasteiger partial charge < -0.3 is 10.4 Å². The lowest BCUT2D eigenvalue weighted by Crippen LogP contribution is -2.38. The van der Waals surface area contributed by atoms with Crippen molar-refractivity contribution in [1.29, 1.82) is 0 Å². The summed E-state index contributed by atoms with van der Waals surface area (Å²) in [4.78, 5) is 31.0. The molecular weight excluding hydrogens is 338 g/mol. The van der Waals surface area contributed by atoms with Gasteiger partial charge in [0.25, 0.3) is 5.91 Å². The molecule has 0 aliphatic heterocycles. The molecule has 120 valence electrons. The summed E-state index contributed by atoms with van der Waals surface area (Å²) in [6.07, 6.45) is 1.34. The summed E-state index contributed by atoms with van der Waals surface area (Å²) < 4.78 is 0. The van der Waals surface area contributed by atoms with Gasteiger partial charge in [0.2, 0.25) is 0 Å². The number of carbonyl (C=O) groups excluding carboxylic acids is 1. The van der Waals surface area contributed by atoms with E-state index in [4.69, 9.17) is 16.7 Å². The van der Waals surface area contributed by atoms with Crippen LogP contribution in [0, 0.1) is 0 Å². The zero-order valence-electron chi connectivity index (χ0n) is 12.2. The lowest BCUT2D eigenvalue weighted by atomic mass is 10.2. The van der Waals surface area contributed by atoms with E-state index < -0.39 is 17.9 Å². The van der Waals surface area contributed by atoms with Gasteiger partial charge in [0.05, 0.1) is 11.2 Å². The first-order valence-corrected chi connectivity index (χ1v) is 8.06. The van der Waals surface area contributed by atoms with Crippen molar-refractivity contribution < 1.29 is 14.7 Å². The van der Waals surface area contributed by atoms with E-state index in [1.807, 2.05) is 30.3 Å². The summed E-state index contributed by atoms with van der Waals surface area (Å²) in [6, 6.07) is 8.72. The average molecular weight is 352 g/mol. The molecule has 1 aromatic carbocycles. The largest absolute Gasteiger partial charge is 0.480 e. The summed E-state index contributed by atoms with van der Waals surface area (Å²) in [5.74, 6) is -1.13. The van der Waals surface area contributed by atoms with Gasteiger partial charge in [0.1, 0.15) is 6.04 Å². The van der Waals surface area contributed by atoms with Crippen LogP contribution in [-0.4, -0.2) is 33.0 Å². The lowest BCUT2D eigenvalue weighted by molar-refractivity contribution is -0.138. The number of aliphatic carboxylic acids is 1. The second-order valence-electron chi connectivity index (χ2n) is 4.66. The molecule has 0 aliphatic rings. The molecule has 0 radical (unpaired) electrons. The number of nitrogens with one attached hydrogen (secondary N) is 1. The normalized spacial score (nSPS) is 11.7. The Balaban J connectivity index is 2.09. The molecule has 2 aromatic rings. The molecule has 23 heavy (non-hydrogen) atoms. The number of aromatic nitrogens is 2. The van der Waals surface area contributed by atoms with Crippen molar-refractivity contribution in [3.8, 4) is 0 Å². The minimum absolute atomic E-state index is 0.0367. The van der Waals surface area contributed by atoms with Crippen LogP contribution in [0.15, 0.2) is 41.7 Å². The summed E-state index contributed by atoms with van der Waals surface area (Å²) in [5.41, 5.74) is 1.06. The van der Waals surface area contributed by atoms with E-state index in [-0.39, 0.29) is 10.7 Å². The molecule has 2 N–H and O–H groups in total. The topological polar surface area (TPSA) is 92.2 Å². The van der Waals surface area contributed by atoms with Gasteiger partial charge in [0, 0.05) is 5.75 Å². The Morgan fingerprint density at radius 2 is 2.04 bits per heavy atom. The highest BCUT2D eigenvalue weighted by Crippen LogP contribution is 2.21. The van der Waals surface area contributed by atoms with Crippen LogP contribution in [0.4, 0.5) is 0 Å². The summed E-state index contributed by atoms with van der Waals surface area (Å²) in [5, 5.41) is 11.6. The first kappa shape index (κ1) is 17.2. The Morgan fingerprint density at radius 3 is 2.70 bits per heavy atom. The monoisotopic (exact) mass is 351 g/mol. The van der Waals surface area contributed by atoms with Crippen molar-refractivity contribution in [2.24, 2.45) is 0 Å². The number of carbonyl (C=O) groups is 2. The number of carboxylic acid groups (broad SMARTS) is 1. The third-order valence-electron chi connectivity index (χ3n) is 2.87. The van der Waals surface area contributed by atoms with Crippen molar-refractivity contribution in [3.63, 3.8) is 0 Å². The van der Waals surface area contributed by atoms with Gasteiger partial charge in [-0.25, -0.2) is 9.97 Å². The fraction of sp³-hybridized carbons (Fsp3) is 0.200. The van der Waals surface area contributed by atoms with Gasteiger partial charge in [-0.3, -0.25) is 9.59 Å². The summed E-state index contributed by atoms with van der Waals surface area (Å²) in [7, 11) is 0. The maximum atomic E-state index is 12.0. The van der Waals surface area contributed by atoms with E-state index in [2.05, 4.69) is 15.3 Å². The zero-order valence-corrected chi connectivity index (χ0v) is 13.8. The fourth-order valence-electron chi connectivity index (χ4n) is 1.63. The minimum Gasteiger partial charge on any atom is -0.480 e. The van der Waals surface area contributed by atoms with E-state index in [0.717, 1.165) is 5.56 Å². The number of thioether (sulfide) groups is 1. The predicted molar refractivity (Wildman–Crippen MR) is 87.6 cm³/mol. The molecule has 0 spiro atoms. The quantitative estimate of drug-likeness (QED) is 0.614. The Hall–Kier alpha value is -2.12. The zero-order chi connectivity index (χ0) is 16.8. The standard InChI is InChI=1S/C15H14ClN3O3S/c1-9(14(21)22)18-13(20)12-11(16)7-17-15(19-12)23-8-10-5-3-2-4-6-10/h2-7,9H,8H2,1H3,(H,18,20)(H,21,22). The van der Waals surface area contributed by atoms with Gasteiger partial charge in [-0.15, -0.1) is 0 Å². The molecule has 1 amide bonds. The van der Waals surface area contributed by atoms with Crippen LogP contribution in [0.3, 0.4) is 0 Å². The SMILES string of the molecule is CC(NC(=O)c1nc(SCc2ccccc2)ncc1Cl)C(=O)O. The number of hydrogen-bond donors (Lipinski definition) is 2. The molecule has 0 fully saturated rings.